The Bertz CT molecular complexity index is 711. The predicted octanol–water partition coefficient (Wildman–Crippen LogP) is 4.09. The quantitative estimate of drug-likeness (QED) is 0.732. The SMILES string of the molecule is CC(=O)Nc1ccc(CC(=O)NC(C)CCc2ccc(Br)cc2)cc1. The molecule has 2 N–H and O–H groups in total. The third-order valence-corrected chi connectivity index (χ3v) is 4.35. The van der Waals surface area contributed by atoms with Gasteiger partial charge in [0.2, 0.25) is 11.8 Å². The van der Waals surface area contributed by atoms with Crippen molar-refractivity contribution in [1.29, 1.82) is 0 Å². The number of aryl methyl sites for hydroxylation is 1. The van der Waals surface area contributed by atoms with Crippen LogP contribution < -0.4 is 10.6 Å². The normalized spacial score (nSPS) is 11.6. The molecule has 132 valence electrons. The molecule has 0 aromatic heterocycles. The average molecular weight is 403 g/mol. The Morgan fingerprint density at radius 2 is 1.60 bits per heavy atom. The number of hydrogen-bond acceptors (Lipinski definition) is 2. The Balaban J connectivity index is 1.76. The lowest BCUT2D eigenvalue weighted by Crippen LogP contribution is -2.34. The molecule has 0 aliphatic heterocycles. The molecular weight excluding hydrogens is 380 g/mol. The highest BCUT2D eigenvalue weighted by Crippen LogP contribution is 2.13. The fraction of sp³-hybridized carbons (Fsp3) is 0.300. The van der Waals surface area contributed by atoms with Crippen LogP contribution in [0.4, 0.5) is 5.69 Å². The number of halogens is 1. The van der Waals surface area contributed by atoms with Gasteiger partial charge in [-0.05, 0) is 55.2 Å². The van der Waals surface area contributed by atoms with Crippen molar-refractivity contribution < 1.29 is 9.59 Å². The van der Waals surface area contributed by atoms with E-state index >= 15 is 0 Å². The first-order chi connectivity index (χ1) is 11.9. The van der Waals surface area contributed by atoms with Gasteiger partial charge in [-0.15, -0.1) is 0 Å². The topological polar surface area (TPSA) is 58.2 Å². The van der Waals surface area contributed by atoms with Crippen LogP contribution >= 0.6 is 15.9 Å². The first kappa shape index (κ1) is 19.2. The minimum Gasteiger partial charge on any atom is -0.353 e. The van der Waals surface area contributed by atoms with Crippen molar-refractivity contribution in [3.63, 3.8) is 0 Å². The summed E-state index contributed by atoms with van der Waals surface area (Å²) in [5.41, 5.74) is 2.92. The molecule has 0 saturated carbocycles. The highest BCUT2D eigenvalue weighted by Gasteiger charge is 2.09. The van der Waals surface area contributed by atoms with E-state index in [0.29, 0.717) is 6.42 Å². The molecule has 25 heavy (non-hydrogen) atoms. The Morgan fingerprint density at radius 3 is 2.20 bits per heavy atom. The molecule has 5 heteroatoms. The van der Waals surface area contributed by atoms with Crippen molar-refractivity contribution in [2.75, 3.05) is 5.32 Å². The van der Waals surface area contributed by atoms with E-state index in [1.807, 2.05) is 31.2 Å². The minimum atomic E-state index is -0.106. The molecule has 0 aliphatic rings. The van der Waals surface area contributed by atoms with E-state index in [-0.39, 0.29) is 17.9 Å². The van der Waals surface area contributed by atoms with E-state index in [0.717, 1.165) is 28.6 Å². The van der Waals surface area contributed by atoms with Crippen molar-refractivity contribution in [1.82, 2.24) is 5.32 Å². The highest BCUT2D eigenvalue weighted by molar-refractivity contribution is 9.10. The maximum Gasteiger partial charge on any atom is 0.224 e. The zero-order valence-electron chi connectivity index (χ0n) is 14.5. The molecule has 2 amide bonds. The largest absolute Gasteiger partial charge is 0.353 e. The number of benzene rings is 2. The van der Waals surface area contributed by atoms with Crippen LogP contribution in [-0.4, -0.2) is 17.9 Å². The van der Waals surface area contributed by atoms with Crippen molar-refractivity contribution in [2.45, 2.75) is 39.2 Å². The van der Waals surface area contributed by atoms with E-state index < -0.39 is 0 Å². The number of carbonyl (C=O) groups is 2. The van der Waals surface area contributed by atoms with Crippen LogP contribution in [-0.2, 0) is 22.4 Å². The molecule has 0 heterocycles. The second kappa shape index (κ2) is 9.37. The fourth-order valence-electron chi connectivity index (χ4n) is 2.53. The predicted molar refractivity (Wildman–Crippen MR) is 105 cm³/mol. The van der Waals surface area contributed by atoms with Gasteiger partial charge in [-0.25, -0.2) is 0 Å². The molecule has 4 nitrogen and oxygen atoms in total. The summed E-state index contributed by atoms with van der Waals surface area (Å²) in [6.07, 6.45) is 2.16. The lowest BCUT2D eigenvalue weighted by molar-refractivity contribution is -0.121. The number of rotatable bonds is 7. The summed E-state index contributed by atoms with van der Waals surface area (Å²) >= 11 is 3.43. The monoisotopic (exact) mass is 402 g/mol. The van der Waals surface area contributed by atoms with Crippen LogP contribution in [0.3, 0.4) is 0 Å². The molecule has 0 spiro atoms. The van der Waals surface area contributed by atoms with Gasteiger partial charge in [0.25, 0.3) is 0 Å². The van der Waals surface area contributed by atoms with E-state index in [2.05, 4.69) is 38.7 Å². The summed E-state index contributed by atoms with van der Waals surface area (Å²) in [4.78, 5) is 23.2. The molecule has 0 radical (unpaired) electrons. The first-order valence-electron chi connectivity index (χ1n) is 8.32. The summed E-state index contributed by atoms with van der Waals surface area (Å²) in [6.45, 7) is 3.49. The van der Waals surface area contributed by atoms with E-state index in [9.17, 15) is 9.59 Å². The van der Waals surface area contributed by atoms with Crippen molar-refractivity contribution >= 4 is 33.4 Å². The van der Waals surface area contributed by atoms with Gasteiger partial charge in [-0.2, -0.15) is 0 Å². The lowest BCUT2D eigenvalue weighted by Gasteiger charge is -2.14. The van der Waals surface area contributed by atoms with Gasteiger partial charge in [-0.1, -0.05) is 40.2 Å². The molecular formula is C20H23BrN2O2. The molecule has 2 rings (SSSR count). The molecule has 1 unspecified atom stereocenters. The smallest absolute Gasteiger partial charge is 0.224 e. The zero-order chi connectivity index (χ0) is 18.2. The molecule has 2 aromatic rings. The average Bonchev–Trinajstić information content (AvgIpc) is 2.55. The lowest BCUT2D eigenvalue weighted by atomic mass is 10.1. The maximum absolute atomic E-state index is 12.2. The van der Waals surface area contributed by atoms with Crippen molar-refractivity contribution in [2.24, 2.45) is 0 Å². The van der Waals surface area contributed by atoms with Gasteiger partial charge < -0.3 is 10.6 Å². The number of amides is 2. The summed E-state index contributed by atoms with van der Waals surface area (Å²) in [5.74, 6) is -0.0966. The van der Waals surface area contributed by atoms with Gasteiger partial charge in [0.1, 0.15) is 0 Å². The van der Waals surface area contributed by atoms with Crippen LogP contribution in [0.25, 0.3) is 0 Å². The summed E-state index contributed by atoms with van der Waals surface area (Å²) in [6, 6.07) is 15.7. The van der Waals surface area contributed by atoms with Gasteiger partial charge in [0.15, 0.2) is 0 Å². The number of carbonyl (C=O) groups excluding carboxylic acids is 2. The van der Waals surface area contributed by atoms with Gasteiger partial charge in [0.05, 0.1) is 6.42 Å². The summed E-state index contributed by atoms with van der Waals surface area (Å²) in [5, 5.41) is 5.75. The van der Waals surface area contributed by atoms with Crippen LogP contribution in [0.5, 0.6) is 0 Å². The summed E-state index contributed by atoms with van der Waals surface area (Å²) < 4.78 is 1.07. The number of anilines is 1. The third-order valence-electron chi connectivity index (χ3n) is 3.83. The van der Waals surface area contributed by atoms with E-state index in [1.165, 1.54) is 12.5 Å². The number of nitrogens with one attached hydrogen (secondary N) is 2. The molecule has 2 aromatic carbocycles. The van der Waals surface area contributed by atoms with Crippen LogP contribution in [0.15, 0.2) is 53.0 Å². The fourth-order valence-corrected chi connectivity index (χ4v) is 2.79. The maximum atomic E-state index is 12.2. The Kier molecular flexibility index (Phi) is 7.19. The molecule has 0 bridgehead atoms. The van der Waals surface area contributed by atoms with Crippen molar-refractivity contribution in [3.8, 4) is 0 Å². The minimum absolute atomic E-state index is 0.00980. The molecule has 0 fully saturated rings. The summed E-state index contributed by atoms with van der Waals surface area (Å²) in [7, 11) is 0. The van der Waals surface area contributed by atoms with E-state index in [4.69, 9.17) is 0 Å². The third kappa shape index (κ3) is 7.10. The molecule has 1 atom stereocenters. The standard InChI is InChI=1S/C20H23BrN2O2/c1-14(3-4-16-5-9-18(21)10-6-16)22-20(25)13-17-7-11-19(12-8-17)23-15(2)24/h5-12,14H,3-4,13H2,1-2H3,(H,22,25)(H,23,24). The first-order valence-corrected chi connectivity index (χ1v) is 9.12. The van der Waals surface area contributed by atoms with Crippen LogP contribution in [0.2, 0.25) is 0 Å². The van der Waals surface area contributed by atoms with Gasteiger partial charge in [0, 0.05) is 23.1 Å². The van der Waals surface area contributed by atoms with Crippen LogP contribution in [0, 0.1) is 0 Å². The Hall–Kier alpha value is -2.14. The van der Waals surface area contributed by atoms with Crippen LogP contribution in [0.1, 0.15) is 31.4 Å². The Morgan fingerprint density at radius 1 is 1.00 bits per heavy atom. The van der Waals surface area contributed by atoms with Gasteiger partial charge in [-0.3, -0.25) is 9.59 Å². The number of hydrogen-bond donors (Lipinski definition) is 2. The second-order valence-corrected chi connectivity index (χ2v) is 7.10. The van der Waals surface area contributed by atoms with E-state index in [1.54, 1.807) is 12.1 Å². The second-order valence-electron chi connectivity index (χ2n) is 6.19. The molecule has 0 saturated heterocycles. The zero-order valence-corrected chi connectivity index (χ0v) is 16.1. The van der Waals surface area contributed by atoms with Crippen molar-refractivity contribution in [3.05, 3.63) is 64.1 Å². The van der Waals surface area contributed by atoms with Gasteiger partial charge >= 0.3 is 0 Å². The Labute approximate surface area is 157 Å². The highest BCUT2D eigenvalue weighted by atomic mass is 79.9. The molecule has 0 aliphatic carbocycles.